The summed E-state index contributed by atoms with van der Waals surface area (Å²) in [5.74, 6) is -0.176. The van der Waals surface area contributed by atoms with E-state index in [-0.39, 0.29) is 23.9 Å². The number of hydrogen-bond donors (Lipinski definition) is 1. The molecule has 9 heteroatoms. The Morgan fingerprint density at radius 3 is 2.22 bits per heavy atom. The third kappa shape index (κ3) is 6.22. The number of sulfonamides is 1. The second kappa shape index (κ2) is 9.33. The monoisotopic (exact) mass is 397 g/mol. The molecule has 0 aliphatic rings. The predicted octanol–water partition coefficient (Wildman–Crippen LogP) is 2.12. The van der Waals surface area contributed by atoms with Gasteiger partial charge in [0.2, 0.25) is 10.0 Å². The first-order chi connectivity index (χ1) is 12.8. The fourth-order valence-corrected chi connectivity index (χ4v) is 3.25. The minimum Gasteiger partial charge on any atom is -0.497 e. The zero-order chi connectivity index (χ0) is 19.9. The standard InChI is InChI=1S/C18H20FNO6S/c1-13(20-27(22,23)17-9-7-15(24-2)8-10-17)18(21)26-12-11-25-16-5-3-14(19)4-6-16/h3-10,13,20H,11-12H2,1-2H3/t13-/m0/s1. The highest BCUT2D eigenvalue weighted by Crippen LogP contribution is 2.16. The highest BCUT2D eigenvalue weighted by atomic mass is 32.2. The number of nitrogens with one attached hydrogen (secondary N) is 1. The summed E-state index contributed by atoms with van der Waals surface area (Å²) in [6, 6.07) is 10.1. The Balaban J connectivity index is 1.80. The first kappa shape index (κ1) is 20.7. The molecule has 0 amide bonds. The van der Waals surface area contributed by atoms with E-state index >= 15 is 0 Å². The molecule has 0 radical (unpaired) electrons. The van der Waals surface area contributed by atoms with Crippen LogP contribution in [0.3, 0.4) is 0 Å². The van der Waals surface area contributed by atoms with Crippen molar-refractivity contribution in [2.45, 2.75) is 17.9 Å². The molecule has 1 atom stereocenters. The summed E-state index contributed by atoms with van der Waals surface area (Å²) in [5, 5.41) is 0. The molecule has 2 rings (SSSR count). The molecule has 0 heterocycles. The largest absolute Gasteiger partial charge is 0.497 e. The van der Waals surface area contributed by atoms with Gasteiger partial charge in [-0.05, 0) is 55.5 Å². The Bertz CT molecular complexity index is 852. The van der Waals surface area contributed by atoms with Crippen LogP contribution in [0.1, 0.15) is 6.92 Å². The lowest BCUT2D eigenvalue weighted by molar-refractivity contribution is -0.145. The summed E-state index contributed by atoms with van der Waals surface area (Å²) in [4.78, 5) is 11.9. The zero-order valence-electron chi connectivity index (χ0n) is 14.8. The molecule has 7 nitrogen and oxygen atoms in total. The quantitative estimate of drug-likeness (QED) is 0.515. The molecule has 27 heavy (non-hydrogen) atoms. The molecular weight excluding hydrogens is 377 g/mol. The van der Waals surface area contributed by atoms with Crippen molar-refractivity contribution in [2.24, 2.45) is 0 Å². The zero-order valence-corrected chi connectivity index (χ0v) is 15.7. The number of carbonyl (C=O) groups is 1. The van der Waals surface area contributed by atoms with Crippen LogP contribution in [0.25, 0.3) is 0 Å². The second-order valence-corrected chi connectivity index (χ2v) is 7.20. The molecule has 0 bridgehead atoms. The number of esters is 1. The lowest BCUT2D eigenvalue weighted by Gasteiger charge is -2.14. The summed E-state index contributed by atoms with van der Waals surface area (Å²) in [6.07, 6.45) is 0. The number of benzene rings is 2. The minimum absolute atomic E-state index is 0.00240. The number of hydrogen-bond acceptors (Lipinski definition) is 6. The Morgan fingerprint density at radius 2 is 1.63 bits per heavy atom. The van der Waals surface area contributed by atoms with Gasteiger partial charge in [0.15, 0.2) is 0 Å². The molecule has 0 spiro atoms. The SMILES string of the molecule is COc1ccc(S(=O)(=O)N[C@@H](C)C(=O)OCCOc2ccc(F)cc2)cc1. The van der Waals surface area contributed by atoms with E-state index in [9.17, 15) is 17.6 Å². The molecule has 0 saturated heterocycles. The normalized spacial score (nSPS) is 12.3. The van der Waals surface area contributed by atoms with E-state index < -0.39 is 22.0 Å². The number of methoxy groups -OCH3 is 1. The molecule has 146 valence electrons. The topological polar surface area (TPSA) is 90.9 Å². The fraction of sp³-hybridized carbons (Fsp3) is 0.278. The molecule has 0 saturated carbocycles. The van der Waals surface area contributed by atoms with E-state index in [1.165, 1.54) is 62.6 Å². The summed E-state index contributed by atoms with van der Waals surface area (Å²) < 4.78 is 54.8. The number of carbonyl (C=O) groups excluding carboxylic acids is 1. The Labute approximate surface area is 157 Å². The Kier molecular flexibility index (Phi) is 7.14. The van der Waals surface area contributed by atoms with Crippen LogP contribution >= 0.6 is 0 Å². The highest BCUT2D eigenvalue weighted by molar-refractivity contribution is 7.89. The summed E-state index contributed by atoms with van der Waals surface area (Å²) >= 11 is 0. The number of rotatable bonds is 9. The van der Waals surface area contributed by atoms with Gasteiger partial charge in [-0.15, -0.1) is 0 Å². The van der Waals surface area contributed by atoms with Crippen molar-refractivity contribution in [3.8, 4) is 11.5 Å². The lowest BCUT2D eigenvalue weighted by atomic mass is 10.3. The van der Waals surface area contributed by atoms with E-state index in [1.807, 2.05) is 0 Å². The molecule has 0 aliphatic carbocycles. The minimum atomic E-state index is -3.88. The maximum absolute atomic E-state index is 12.8. The number of halogens is 1. The maximum Gasteiger partial charge on any atom is 0.324 e. The lowest BCUT2D eigenvalue weighted by Crippen LogP contribution is -2.39. The van der Waals surface area contributed by atoms with E-state index in [4.69, 9.17) is 14.2 Å². The van der Waals surface area contributed by atoms with Crippen molar-refractivity contribution in [3.63, 3.8) is 0 Å². The van der Waals surface area contributed by atoms with Gasteiger partial charge in [0.1, 0.15) is 36.6 Å². The van der Waals surface area contributed by atoms with Crippen LogP contribution < -0.4 is 14.2 Å². The van der Waals surface area contributed by atoms with Crippen LogP contribution in [-0.2, 0) is 19.6 Å². The van der Waals surface area contributed by atoms with E-state index in [2.05, 4.69) is 4.72 Å². The summed E-state index contributed by atoms with van der Waals surface area (Å²) in [5.41, 5.74) is 0. The molecule has 1 N–H and O–H groups in total. The number of ether oxygens (including phenoxy) is 3. The van der Waals surface area contributed by atoms with Gasteiger partial charge in [0.05, 0.1) is 12.0 Å². The summed E-state index contributed by atoms with van der Waals surface area (Å²) in [7, 11) is -2.41. The molecule has 2 aromatic rings. The van der Waals surface area contributed by atoms with Crippen LogP contribution in [0.5, 0.6) is 11.5 Å². The average molecular weight is 397 g/mol. The summed E-state index contributed by atoms with van der Waals surface area (Å²) in [6.45, 7) is 1.35. The molecule has 0 aromatic heterocycles. The third-order valence-electron chi connectivity index (χ3n) is 3.47. The molecular formula is C18H20FNO6S. The molecule has 0 unspecified atom stereocenters. The van der Waals surface area contributed by atoms with Gasteiger partial charge in [-0.25, -0.2) is 12.8 Å². The van der Waals surface area contributed by atoms with Gasteiger partial charge < -0.3 is 14.2 Å². The van der Waals surface area contributed by atoms with Crippen LogP contribution in [0.2, 0.25) is 0 Å². The van der Waals surface area contributed by atoms with Crippen molar-refractivity contribution < 1.29 is 31.8 Å². The van der Waals surface area contributed by atoms with Gasteiger partial charge in [-0.3, -0.25) is 4.79 Å². The van der Waals surface area contributed by atoms with Crippen LogP contribution in [0.4, 0.5) is 4.39 Å². The van der Waals surface area contributed by atoms with Crippen molar-refractivity contribution in [3.05, 3.63) is 54.3 Å². The molecule has 0 aliphatic heterocycles. The van der Waals surface area contributed by atoms with Crippen molar-refractivity contribution >= 4 is 16.0 Å². The fourth-order valence-electron chi connectivity index (χ4n) is 2.06. The first-order valence-electron chi connectivity index (χ1n) is 8.03. The van der Waals surface area contributed by atoms with Crippen molar-refractivity contribution in [1.82, 2.24) is 4.72 Å². The van der Waals surface area contributed by atoms with Crippen LogP contribution in [-0.4, -0.2) is 40.8 Å². The maximum atomic E-state index is 12.8. The highest BCUT2D eigenvalue weighted by Gasteiger charge is 2.23. The van der Waals surface area contributed by atoms with Gasteiger partial charge >= 0.3 is 5.97 Å². The van der Waals surface area contributed by atoms with Crippen molar-refractivity contribution in [1.29, 1.82) is 0 Å². The smallest absolute Gasteiger partial charge is 0.324 e. The molecule has 2 aromatic carbocycles. The van der Waals surface area contributed by atoms with Gasteiger partial charge in [0, 0.05) is 0 Å². The Morgan fingerprint density at radius 1 is 1.04 bits per heavy atom. The molecule has 0 fully saturated rings. The van der Waals surface area contributed by atoms with E-state index in [1.54, 1.807) is 0 Å². The van der Waals surface area contributed by atoms with Gasteiger partial charge in [-0.1, -0.05) is 0 Å². The third-order valence-corrected chi connectivity index (χ3v) is 5.02. The Hall–Kier alpha value is -2.65. The van der Waals surface area contributed by atoms with Crippen LogP contribution in [0, 0.1) is 5.82 Å². The van der Waals surface area contributed by atoms with Crippen molar-refractivity contribution in [2.75, 3.05) is 20.3 Å². The predicted molar refractivity (Wildman–Crippen MR) is 95.6 cm³/mol. The van der Waals surface area contributed by atoms with E-state index in [0.29, 0.717) is 11.5 Å². The van der Waals surface area contributed by atoms with Gasteiger partial charge in [-0.2, -0.15) is 4.72 Å². The van der Waals surface area contributed by atoms with Crippen LogP contribution in [0.15, 0.2) is 53.4 Å². The second-order valence-electron chi connectivity index (χ2n) is 5.49. The van der Waals surface area contributed by atoms with Gasteiger partial charge in [0.25, 0.3) is 0 Å². The first-order valence-corrected chi connectivity index (χ1v) is 9.51. The van der Waals surface area contributed by atoms with E-state index in [0.717, 1.165) is 0 Å². The average Bonchev–Trinajstić information content (AvgIpc) is 2.66.